The van der Waals surface area contributed by atoms with Crippen LogP contribution >= 0.6 is 11.6 Å². The molecule has 0 amide bonds. The van der Waals surface area contributed by atoms with E-state index in [-0.39, 0.29) is 0 Å². The fourth-order valence-electron chi connectivity index (χ4n) is 2.47. The third kappa shape index (κ3) is 2.41. The van der Waals surface area contributed by atoms with Gasteiger partial charge in [-0.2, -0.15) is 0 Å². The first-order valence-electron chi connectivity index (χ1n) is 6.61. The molecule has 0 aliphatic heterocycles. The van der Waals surface area contributed by atoms with Crippen LogP contribution in [0.2, 0.25) is 20.0 Å². The van der Waals surface area contributed by atoms with Crippen molar-refractivity contribution in [2.45, 2.75) is 34.2 Å². The van der Waals surface area contributed by atoms with Gasteiger partial charge in [-0.3, -0.25) is 0 Å². The van der Waals surface area contributed by atoms with E-state index in [2.05, 4.69) is 36.5 Å². The van der Waals surface area contributed by atoms with Gasteiger partial charge in [0.05, 0.1) is 0 Å². The first-order chi connectivity index (χ1) is 8.45. The summed E-state index contributed by atoms with van der Waals surface area (Å²) in [4.78, 5) is 12.0. The van der Waals surface area contributed by atoms with Crippen LogP contribution < -0.4 is 3.71 Å². The van der Waals surface area contributed by atoms with Gasteiger partial charge < -0.3 is 0 Å². The zero-order chi connectivity index (χ0) is 12.9. The molecule has 3 rings (SSSR count). The minimum absolute atomic E-state index is 0.605. The Morgan fingerprint density at radius 2 is 2.06 bits per heavy atom. The molecule has 1 saturated carbocycles. The second-order valence-electron chi connectivity index (χ2n) is 6.38. The number of hydrogen-bond donors (Lipinski definition) is 0. The van der Waals surface area contributed by atoms with Gasteiger partial charge in [-0.05, 0) is 0 Å². The summed E-state index contributed by atoms with van der Waals surface area (Å²) in [6.45, 7) is 1.14. The van der Waals surface area contributed by atoms with Gasteiger partial charge in [0.1, 0.15) is 0 Å². The van der Waals surface area contributed by atoms with Crippen molar-refractivity contribution < 1.29 is 0 Å². The Balaban J connectivity index is 2.20. The van der Waals surface area contributed by atoms with Crippen molar-refractivity contribution in [2.24, 2.45) is 5.92 Å². The summed E-state index contributed by atoms with van der Waals surface area (Å²) in [6.07, 6.45) is 2.75. The molecule has 18 heavy (non-hydrogen) atoms. The van der Waals surface area contributed by atoms with Crippen molar-refractivity contribution in [3.8, 4) is 0 Å². The Kier molecular flexibility index (Phi) is 3.13. The van der Waals surface area contributed by atoms with Crippen LogP contribution in [-0.4, -0.2) is 27.9 Å². The van der Waals surface area contributed by atoms with E-state index < -0.39 is 18.4 Å². The van der Waals surface area contributed by atoms with Crippen molar-refractivity contribution in [3.05, 3.63) is 23.4 Å². The van der Waals surface area contributed by atoms with E-state index in [1.54, 1.807) is 3.71 Å². The molecule has 2 aromatic rings. The van der Waals surface area contributed by atoms with Crippen LogP contribution in [0.4, 0.5) is 0 Å². The summed E-state index contributed by atoms with van der Waals surface area (Å²) in [5, 5.41) is 1.86. The van der Waals surface area contributed by atoms with E-state index in [1.165, 1.54) is 18.2 Å². The molecule has 0 spiro atoms. The summed E-state index contributed by atoms with van der Waals surface area (Å²) in [6, 6.07) is 6.36. The molecule has 2 heterocycles. The number of pyridine rings is 1. The Labute approximate surface area is 117 Å². The quantitative estimate of drug-likeness (QED) is 0.597. The van der Waals surface area contributed by atoms with Crippen molar-refractivity contribution in [3.63, 3.8) is 0 Å². The third-order valence-corrected chi connectivity index (χ3v) is 9.40. The van der Waals surface area contributed by atoms with Crippen molar-refractivity contribution in [1.29, 1.82) is 0 Å². The van der Waals surface area contributed by atoms with Gasteiger partial charge in [0.2, 0.25) is 0 Å². The normalized spacial score (nSPS) is 16.4. The van der Waals surface area contributed by atoms with E-state index in [0.717, 1.165) is 18.1 Å². The molecule has 2 nitrogen and oxygen atoms in total. The summed E-state index contributed by atoms with van der Waals surface area (Å²) in [5.74, 6) is 0.869. The maximum atomic E-state index is 6.06. The molecule has 0 aromatic carbocycles. The number of aromatic nitrogens is 2. The zero-order valence-electron chi connectivity index (χ0n) is 11.2. The van der Waals surface area contributed by atoms with Gasteiger partial charge in [0.15, 0.2) is 0 Å². The first kappa shape index (κ1) is 12.8. The summed E-state index contributed by atoms with van der Waals surface area (Å²) in [5.41, 5.74) is 1.09. The molecule has 0 bridgehead atoms. The van der Waals surface area contributed by atoms with Crippen LogP contribution in [0, 0.1) is 5.92 Å². The molecule has 4 heteroatoms. The van der Waals surface area contributed by atoms with Crippen LogP contribution in [-0.2, 0) is 6.54 Å². The molecule has 0 saturated heterocycles. The molecule has 0 radical (unpaired) electrons. The van der Waals surface area contributed by atoms with Crippen LogP contribution in [0.15, 0.2) is 18.2 Å². The van der Waals surface area contributed by atoms with Gasteiger partial charge in [-0.15, -0.1) is 0 Å². The summed E-state index contributed by atoms with van der Waals surface area (Å²) < 4.78 is 4.04. The Morgan fingerprint density at radius 3 is 2.67 bits per heavy atom. The molecular formula is C14H19ClN2Sn. The van der Waals surface area contributed by atoms with E-state index in [0.29, 0.717) is 5.15 Å². The van der Waals surface area contributed by atoms with Crippen LogP contribution in [0.1, 0.15) is 12.8 Å². The number of hydrogen-bond acceptors (Lipinski definition) is 1. The molecule has 1 aliphatic carbocycles. The second kappa shape index (κ2) is 4.41. The van der Waals surface area contributed by atoms with Gasteiger partial charge >= 0.3 is 118 Å². The number of nitrogens with zero attached hydrogens (tertiary/aromatic N) is 2. The molecule has 96 valence electrons. The predicted molar refractivity (Wildman–Crippen MR) is 80.4 cm³/mol. The topological polar surface area (TPSA) is 17.8 Å². The Hall–Kier alpha value is -0.221. The SMILES string of the molecule is [CH3][Sn]([CH3])([CH3])[c]1cc2ccc(Cl)nc2n1CC1CC1. The number of rotatable bonds is 3. The average molecular weight is 369 g/mol. The molecule has 1 aliphatic rings. The maximum absolute atomic E-state index is 6.06. The molecule has 0 unspecified atom stereocenters. The fourth-order valence-corrected chi connectivity index (χ4v) is 7.17. The minimum atomic E-state index is -2.09. The van der Waals surface area contributed by atoms with Crippen LogP contribution in [0.5, 0.6) is 0 Å². The van der Waals surface area contributed by atoms with Crippen LogP contribution in [0.25, 0.3) is 11.0 Å². The third-order valence-electron chi connectivity index (χ3n) is 3.62. The molecule has 1 fully saturated rings. The van der Waals surface area contributed by atoms with E-state index in [1.807, 2.05) is 6.07 Å². The van der Waals surface area contributed by atoms with Gasteiger partial charge in [-0.25, -0.2) is 0 Å². The number of fused-ring (bicyclic) bond motifs is 1. The second-order valence-corrected chi connectivity index (χ2v) is 21.1. The Bertz CT molecular complexity index is 594. The first-order valence-corrected chi connectivity index (χ1v) is 17.0. The summed E-state index contributed by atoms with van der Waals surface area (Å²) in [7, 11) is 0. The average Bonchev–Trinajstić information content (AvgIpc) is 3.00. The molecule has 0 atom stereocenters. The van der Waals surface area contributed by atoms with Crippen molar-refractivity contribution >= 4 is 44.7 Å². The Morgan fingerprint density at radius 1 is 1.33 bits per heavy atom. The van der Waals surface area contributed by atoms with E-state index in [4.69, 9.17) is 11.6 Å². The van der Waals surface area contributed by atoms with Gasteiger partial charge in [0, 0.05) is 0 Å². The van der Waals surface area contributed by atoms with Crippen molar-refractivity contribution in [2.75, 3.05) is 0 Å². The van der Waals surface area contributed by atoms with Gasteiger partial charge in [0.25, 0.3) is 0 Å². The zero-order valence-corrected chi connectivity index (χ0v) is 14.8. The predicted octanol–water partition coefficient (Wildman–Crippen LogP) is 3.64. The number of halogens is 1. The van der Waals surface area contributed by atoms with E-state index >= 15 is 0 Å². The van der Waals surface area contributed by atoms with Crippen molar-refractivity contribution in [1.82, 2.24) is 9.55 Å². The van der Waals surface area contributed by atoms with Gasteiger partial charge in [-0.1, -0.05) is 0 Å². The molecule has 2 aromatic heterocycles. The fraction of sp³-hybridized carbons (Fsp3) is 0.500. The summed E-state index contributed by atoms with van der Waals surface area (Å²) >= 11 is 3.96. The molecule has 0 N–H and O–H groups in total. The standard InChI is InChI=1S/C11H10ClN2.3CH3.Sn/c12-10-4-3-9-5-6-14(11(9)13-10)7-8-1-2-8;;;;/h3-5,8H,1-2,7H2;3*1H3;. The monoisotopic (exact) mass is 370 g/mol. The van der Waals surface area contributed by atoms with Crippen LogP contribution in [0.3, 0.4) is 0 Å². The molecular weight excluding hydrogens is 350 g/mol. The van der Waals surface area contributed by atoms with E-state index in [9.17, 15) is 0 Å².